The predicted molar refractivity (Wildman–Crippen MR) is 144 cm³/mol. The molecule has 0 aliphatic rings. The summed E-state index contributed by atoms with van der Waals surface area (Å²) in [7, 11) is 0. The fourth-order valence-corrected chi connectivity index (χ4v) is 4.69. The lowest BCUT2D eigenvalue weighted by molar-refractivity contribution is 0.268. The van der Waals surface area contributed by atoms with Gasteiger partial charge in [-0.3, -0.25) is 0 Å². The van der Waals surface area contributed by atoms with Crippen LogP contribution in [0.3, 0.4) is 0 Å². The van der Waals surface area contributed by atoms with E-state index in [1.165, 1.54) is 10.8 Å². The predicted octanol–water partition coefficient (Wildman–Crippen LogP) is 8.01. The minimum absolute atomic E-state index is 0.417. The van der Waals surface area contributed by atoms with Gasteiger partial charge in [0, 0.05) is 15.6 Å². The molecule has 0 aromatic heterocycles. The SMILES string of the molecule is CCOc1cc(/C=N\NCc2c(Cl)cccc2Cl)cc(Br)c1OCc1cccc2ccccc12. The molecule has 0 saturated carbocycles. The smallest absolute Gasteiger partial charge is 0.175 e. The molecule has 0 bridgehead atoms. The molecule has 7 heteroatoms. The Kier molecular flexibility index (Phi) is 8.33. The van der Waals surface area contributed by atoms with Crippen LogP contribution in [0.2, 0.25) is 10.0 Å². The average Bonchev–Trinajstić information content (AvgIpc) is 2.83. The van der Waals surface area contributed by atoms with Crippen LogP contribution in [0.1, 0.15) is 23.6 Å². The molecule has 0 heterocycles. The standard InChI is InChI=1S/C27H23BrCl2N2O2/c1-2-33-26-14-18(15-31-32-16-22-24(29)11-6-12-25(22)30)13-23(28)27(26)34-17-20-9-5-8-19-7-3-4-10-21(19)20/h3-15,32H,2,16-17H2,1H3/b31-15-. The first-order valence-electron chi connectivity index (χ1n) is 10.8. The van der Waals surface area contributed by atoms with Crippen molar-refractivity contribution >= 4 is 56.1 Å². The normalized spacial score (nSPS) is 11.2. The van der Waals surface area contributed by atoms with E-state index in [-0.39, 0.29) is 0 Å². The Morgan fingerprint density at radius 3 is 2.47 bits per heavy atom. The highest BCUT2D eigenvalue weighted by molar-refractivity contribution is 9.10. The van der Waals surface area contributed by atoms with Gasteiger partial charge in [-0.05, 0) is 69.0 Å². The van der Waals surface area contributed by atoms with Crippen LogP contribution in [-0.2, 0) is 13.2 Å². The molecule has 0 unspecified atom stereocenters. The van der Waals surface area contributed by atoms with Gasteiger partial charge in [0.2, 0.25) is 0 Å². The van der Waals surface area contributed by atoms with Gasteiger partial charge >= 0.3 is 0 Å². The maximum absolute atomic E-state index is 6.22. The highest BCUT2D eigenvalue weighted by atomic mass is 79.9. The number of nitrogens with zero attached hydrogens (tertiary/aromatic N) is 1. The van der Waals surface area contributed by atoms with Crippen molar-refractivity contribution < 1.29 is 9.47 Å². The topological polar surface area (TPSA) is 42.8 Å². The summed E-state index contributed by atoms with van der Waals surface area (Å²) >= 11 is 16.1. The quantitative estimate of drug-likeness (QED) is 0.167. The lowest BCUT2D eigenvalue weighted by atomic mass is 10.1. The highest BCUT2D eigenvalue weighted by Crippen LogP contribution is 2.37. The second kappa shape index (κ2) is 11.6. The second-order valence-electron chi connectivity index (χ2n) is 7.48. The molecule has 0 fully saturated rings. The Labute approximate surface area is 217 Å². The lowest BCUT2D eigenvalue weighted by Crippen LogP contribution is -2.07. The number of hydrogen-bond donors (Lipinski definition) is 1. The fraction of sp³-hybridized carbons (Fsp3) is 0.148. The molecule has 0 saturated heterocycles. The van der Waals surface area contributed by atoms with Crippen molar-refractivity contribution in [2.24, 2.45) is 5.10 Å². The highest BCUT2D eigenvalue weighted by Gasteiger charge is 2.13. The van der Waals surface area contributed by atoms with Crippen molar-refractivity contribution in [2.75, 3.05) is 6.61 Å². The summed E-state index contributed by atoms with van der Waals surface area (Å²) in [6.07, 6.45) is 1.71. The summed E-state index contributed by atoms with van der Waals surface area (Å²) in [4.78, 5) is 0. The molecule has 34 heavy (non-hydrogen) atoms. The van der Waals surface area contributed by atoms with Gasteiger partial charge in [-0.2, -0.15) is 5.10 Å². The molecule has 0 aliphatic carbocycles. The van der Waals surface area contributed by atoms with Crippen molar-refractivity contribution in [3.05, 3.63) is 104 Å². The summed E-state index contributed by atoms with van der Waals surface area (Å²) in [5.74, 6) is 1.30. The molecule has 4 nitrogen and oxygen atoms in total. The van der Waals surface area contributed by atoms with E-state index in [1.54, 1.807) is 18.3 Å². The molecule has 0 radical (unpaired) electrons. The van der Waals surface area contributed by atoms with E-state index < -0.39 is 0 Å². The van der Waals surface area contributed by atoms with Gasteiger partial charge in [0.05, 0.1) is 23.8 Å². The molecule has 174 valence electrons. The minimum Gasteiger partial charge on any atom is -0.490 e. The van der Waals surface area contributed by atoms with E-state index in [0.717, 1.165) is 21.2 Å². The Bertz CT molecular complexity index is 1300. The summed E-state index contributed by atoms with van der Waals surface area (Å²) in [5, 5.41) is 7.87. The average molecular weight is 558 g/mol. The number of nitrogens with one attached hydrogen (secondary N) is 1. The number of benzene rings is 4. The molecule has 1 N–H and O–H groups in total. The fourth-order valence-electron chi connectivity index (χ4n) is 3.58. The summed E-state index contributed by atoms with van der Waals surface area (Å²) in [6.45, 7) is 3.30. The number of rotatable bonds is 9. The largest absolute Gasteiger partial charge is 0.490 e. The van der Waals surface area contributed by atoms with Gasteiger partial charge in [-0.1, -0.05) is 71.7 Å². The number of hydrazone groups is 1. The van der Waals surface area contributed by atoms with Crippen LogP contribution in [-0.4, -0.2) is 12.8 Å². The van der Waals surface area contributed by atoms with Crippen LogP contribution < -0.4 is 14.9 Å². The molecular weight excluding hydrogens is 535 g/mol. The van der Waals surface area contributed by atoms with Gasteiger partial charge < -0.3 is 14.9 Å². The van der Waals surface area contributed by atoms with E-state index in [4.69, 9.17) is 32.7 Å². The van der Waals surface area contributed by atoms with E-state index >= 15 is 0 Å². The molecule has 0 atom stereocenters. The number of ether oxygens (including phenoxy) is 2. The lowest BCUT2D eigenvalue weighted by Gasteiger charge is -2.15. The third kappa shape index (κ3) is 5.84. The van der Waals surface area contributed by atoms with Crippen LogP contribution in [0.15, 0.2) is 82.4 Å². The number of halogens is 3. The van der Waals surface area contributed by atoms with Crippen molar-refractivity contribution in [1.82, 2.24) is 5.43 Å². The number of hydrogen-bond acceptors (Lipinski definition) is 4. The first-order chi connectivity index (χ1) is 16.6. The summed E-state index contributed by atoms with van der Waals surface area (Å²) in [5.41, 5.74) is 5.76. The molecule has 4 aromatic carbocycles. The molecule has 0 spiro atoms. The van der Waals surface area contributed by atoms with Crippen molar-refractivity contribution in [1.29, 1.82) is 0 Å². The van der Waals surface area contributed by atoms with E-state index in [0.29, 0.717) is 41.3 Å². The van der Waals surface area contributed by atoms with E-state index in [1.807, 2.05) is 43.3 Å². The maximum atomic E-state index is 6.22. The number of fused-ring (bicyclic) bond motifs is 1. The minimum atomic E-state index is 0.417. The summed E-state index contributed by atoms with van der Waals surface area (Å²) in [6, 6.07) is 23.8. The zero-order valence-corrected chi connectivity index (χ0v) is 21.6. The third-order valence-electron chi connectivity index (χ3n) is 5.21. The Morgan fingerprint density at radius 1 is 0.941 bits per heavy atom. The van der Waals surface area contributed by atoms with Crippen molar-refractivity contribution in [3.8, 4) is 11.5 Å². The summed E-state index contributed by atoms with van der Waals surface area (Å²) < 4.78 is 12.9. The second-order valence-corrected chi connectivity index (χ2v) is 9.15. The third-order valence-corrected chi connectivity index (χ3v) is 6.50. The van der Waals surface area contributed by atoms with Gasteiger partial charge in [-0.15, -0.1) is 0 Å². The van der Waals surface area contributed by atoms with Gasteiger partial charge in [-0.25, -0.2) is 0 Å². The van der Waals surface area contributed by atoms with Gasteiger partial charge in [0.25, 0.3) is 0 Å². The Hall–Kier alpha value is -2.73. The maximum Gasteiger partial charge on any atom is 0.175 e. The van der Waals surface area contributed by atoms with Crippen LogP contribution in [0, 0.1) is 0 Å². The first kappa shape index (κ1) is 24.4. The molecule has 0 amide bonds. The first-order valence-corrected chi connectivity index (χ1v) is 12.4. The molecule has 4 aromatic rings. The molecule has 0 aliphatic heterocycles. The Balaban J connectivity index is 1.49. The van der Waals surface area contributed by atoms with Crippen LogP contribution in [0.4, 0.5) is 0 Å². The van der Waals surface area contributed by atoms with Crippen molar-refractivity contribution in [3.63, 3.8) is 0 Å². The van der Waals surface area contributed by atoms with Crippen molar-refractivity contribution in [2.45, 2.75) is 20.1 Å². The van der Waals surface area contributed by atoms with Crippen LogP contribution >= 0.6 is 39.1 Å². The van der Waals surface area contributed by atoms with Crippen LogP contribution in [0.25, 0.3) is 10.8 Å². The van der Waals surface area contributed by atoms with E-state index in [2.05, 4.69) is 50.7 Å². The zero-order valence-electron chi connectivity index (χ0n) is 18.5. The Morgan fingerprint density at radius 2 is 1.68 bits per heavy atom. The van der Waals surface area contributed by atoms with Crippen LogP contribution in [0.5, 0.6) is 11.5 Å². The van der Waals surface area contributed by atoms with Gasteiger partial charge in [0.1, 0.15) is 6.61 Å². The molecular formula is C27H23BrCl2N2O2. The zero-order chi connectivity index (χ0) is 23.9. The van der Waals surface area contributed by atoms with E-state index in [9.17, 15) is 0 Å². The van der Waals surface area contributed by atoms with Gasteiger partial charge in [0.15, 0.2) is 11.5 Å². The monoisotopic (exact) mass is 556 g/mol. The molecule has 4 rings (SSSR count).